The van der Waals surface area contributed by atoms with E-state index in [9.17, 15) is 9.18 Å². The van der Waals surface area contributed by atoms with Crippen LogP contribution in [0.5, 0.6) is 0 Å². The summed E-state index contributed by atoms with van der Waals surface area (Å²) in [7, 11) is 0. The maximum absolute atomic E-state index is 12.8. The van der Waals surface area contributed by atoms with Gasteiger partial charge in [0.1, 0.15) is 5.82 Å². The smallest absolute Gasteiger partial charge is 0.220 e. The van der Waals surface area contributed by atoms with Crippen LogP contribution in [-0.2, 0) is 11.2 Å². The van der Waals surface area contributed by atoms with Crippen LogP contribution in [0, 0.1) is 11.7 Å². The van der Waals surface area contributed by atoms with Crippen LogP contribution in [0.1, 0.15) is 37.7 Å². The van der Waals surface area contributed by atoms with E-state index in [-0.39, 0.29) is 30.2 Å². The molecule has 2 rings (SSSR count). The molecule has 0 saturated heterocycles. The quantitative estimate of drug-likeness (QED) is 0.878. The molecule has 0 heterocycles. The van der Waals surface area contributed by atoms with Crippen molar-refractivity contribution < 1.29 is 9.18 Å². The van der Waals surface area contributed by atoms with Gasteiger partial charge in [-0.25, -0.2) is 4.39 Å². The highest BCUT2D eigenvalue weighted by atomic mass is 35.5. The average Bonchev–Trinajstić information content (AvgIpc) is 2.44. The van der Waals surface area contributed by atoms with E-state index in [0.717, 1.165) is 24.8 Å². The molecule has 1 amide bonds. The Bertz CT molecular complexity index is 438. The maximum Gasteiger partial charge on any atom is 0.220 e. The number of amides is 1. The fourth-order valence-corrected chi connectivity index (χ4v) is 2.80. The van der Waals surface area contributed by atoms with Crippen molar-refractivity contribution in [3.05, 3.63) is 35.6 Å². The molecule has 3 nitrogen and oxygen atoms in total. The first-order chi connectivity index (χ1) is 9.65. The second-order valence-electron chi connectivity index (χ2n) is 5.64. The van der Waals surface area contributed by atoms with Crippen LogP contribution in [0.2, 0.25) is 0 Å². The first kappa shape index (κ1) is 17.9. The second kappa shape index (κ2) is 9.00. The van der Waals surface area contributed by atoms with E-state index in [1.54, 1.807) is 12.1 Å². The number of carbonyl (C=O) groups excluding carboxylic acids is 1. The Morgan fingerprint density at radius 3 is 2.57 bits per heavy atom. The highest BCUT2D eigenvalue weighted by molar-refractivity contribution is 5.85. The lowest BCUT2D eigenvalue weighted by molar-refractivity contribution is -0.122. The fraction of sp³-hybridized carbons (Fsp3) is 0.562. The van der Waals surface area contributed by atoms with E-state index in [2.05, 4.69) is 5.32 Å². The number of hydrogen-bond donors (Lipinski definition) is 2. The Morgan fingerprint density at radius 1 is 1.24 bits per heavy atom. The average molecular weight is 315 g/mol. The van der Waals surface area contributed by atoms with Gasteiger partial charge in [-0.15, -0.1) is 12.4 Å². The summed E-state index contributed by atoms with van der Waals surface area (Å²) in [6.07, 6.45) is 5.72. The number of benzene rings is 1. The summed E-state index contributed by atoms with van der Waals surface area (Å²) >= 11 is 0. The van der Waals surface area contributed by atoms with Crippen LogP contribution in [0.15, 0.2) is 24.3 Å². The van der Waals surface area contributed by atoms with Gasteiger partial charge in [-0.2, -0.15) is 0 Å². The van der Waals surface area contributed by atoms with Crippen LogP contribution in [0.4, 0.5) is 4.39 Å². The summed E-state index contributed by atoms with van der Waals surface area (Å²) < 4.78 is 12.8. The van der Waals surface area contributed by atoms with Crippen molar-refractivity contribution in [2.24, 2.45) is 11.7 Å². The van der Waals surface area contributed by atoms with Crippen molar-refractivity contribution in [2.45, 2.75) is 44.6 Å². The number of nitrogens with one attached hydrogen (secondary N) is 1. The predicted octanol–water partition coefficient (Wildman–Crippen LogP) is 2.81. The number of hydrogen-bond acceptors (Lipinski definition) is 2. The Balaban J connectivity index is 0.00000220. The standard InChI is InChI=1S/C16H23FN2O.ClH/c17-14-7-5-12(6-8-14)9-10-19-16(20)11-13-3-1-2-4-15(13)18;/h5-8,13,15H,1-4,9-11,18H2,(H,19,20);1H. The molecule has 2 unspecified atom stereocenters. The number of nitrogens with two attached hydrogens (primary N) is 1. The molecule has 3 N–H and O–H groups in total. The first-order valence-corrected chi connectivity index (χ1v) is 7.42. The highest BCUT2D eigenvalue weighted by Crippen LogP contribution is 2.25. The van der Waals surface area contributed by atoms with Crippen molar-refractivity contribution in [3.8, 4) is 0 Å². The van der Waals surface area contributed by atoms with Gasteiger partial charge >= 0.3 is 0 Å². The topological polar surface area (TPSA) is 55.1 Å². The van der Waals surface area contributed by atoms with Gasteiger partial charge in [0.15, 0.2) is 0 Å². The Kier molecular flexibility index (Phi) is 7.68. The van der Waals surface area contributed by atoms with Gasteiger partial charge in [-0.3, -0.25) is 4.79 Å². The summed E-state index contributed by atoms with van der Waals surface area (Å²) in [5, 5.41) is 2.93. The third-order valence-corrected chi connectivity index (χ3v) is 4.06. The van der Waals surface area contributed by atoms with Crippen molar-refractivity contribution >= 4 is 18.3 Å². The van der Waals surface area contributed by atoms with E-state index in [4.69, 9.17) is 5.73 Å². The highest BCUT2D eigenvalue weighted by Gasteiger charge is 2.23. The predicted molar refractivity (Wildman–Crippen MR) is 84.9 cm³/mol. The third-order valence-electron chi connectivity index (χ3n) is 4.06. The van der Waals surface area contributed by atoms with Gasteiger partial charge in [0.05, 0.1) is 0 Å². The van der Waals surface area contributed by atoms with Crippen LogP contribution in [0.3, 0.4) is 0 Å². The van der Waals surface area contributed by atoms with Gasteiger partial charge < -0.3 is 11.1 Å². The van der Waals surface area contributed by atoms with Crippen molar-refractivity contribution in [1.29, 1.82) is 0 Å². The second-order valence-corrected chi connectivity index (χ2v) is 5.64. The minimum atomic E-state index is -0.232. The summed E-state index contributed by atoms with van der Waals surface area (Å²) in [5.74, 6) is 0.174. The summed E-state index contributed by atoms with van der Waals surface area (Å²) in [4.78, 5) is 11.9. The van der Waals surface area contributed by atoms with Gasteiger partial charge in [0, 0.05) is 19.0 Å². The van der Waals surface area contributed by atoms with Crippen molar-refractivity contribution in [1.82, 2.24) is 5.32 Å². The molecule has 0 spiro atoms. The molecule has 0 radical (unpaired) electrons. The molecule has 1 aromatic carbocycles. The van der Waals surface area contributed by atoms with Crippen LogP contribution >= 0.6 is 12.4 Å². The summed E-state index contributed by atoms with van der Waals surface area (Å²) in [6.45, 7) is 0.590. The van der Waals surface area contributed by atoms with Crippen LogP contribution in [0.25, 0.3) is 0 Å². The molecular formula is C16H24ClFN2O. The lowest BCUT2D eigenvalue weighted by Gasteiger charge is -2.27. The largest absolute Gasteiger partial charge is 0.356 e. The monoisotopic (exact) mass is 314 g/mol. The van der Waals surface area contributed by atoms with Gasteiger partial charge in [-0.1, -0.05) is 25.0 Å². The number of rotatable bonds is 5. The molecule has 1 aliphatic carbocycles. The maximum atomic E-state index is 12.8. The zero-order valence-electron chi connectivity index (χ0n) is 12.2. The van der Waals surface area contributed by atoms with E-state index in [1.807, 2.05) is 0 Å². The molecular weight excluding hydrogens is 291 g/mol. The minimum absolute atomic E-state index is 0. The molecule has 1 aromatic rings. The SMILES string of the molecule is Cl.NC1CCCCC1CC(=O)NCCc1ccc(F)cc1. The molecule has 0 aromatic heterocycles. The third kappa shape index (κ3) is 6.02. The Labute approximate surface area is 131 Å². The Hall–Kier alpha value is -1.13. The number of carbonyl (C=O) groups is 1. The zero-order valence-corrected chi connectivity index (χ0v) is 13.0. The van der Waals surface area contributed by atoms with Gasteiger partial charge in [-0.05, 0) is 42.9 Å². The summed E-state index contributed by atoms with van der Waals surface area (Å²) in [5.41, 5.74) is 7.07. The number of halogens is 2. The van der Waals surface area contributed by atoms with Crippen molar-refractivity contribution in [2.75, 3.05) is 6.54 Å². The van der Waals surface area contributed by atoms with E-state index in [1.165, 1.54) is 25.0 Å². The van der Waals surface area contributed by atoms with E-state index in [0.29, 0.717) is 18.9 Å². The molecule has 21 heavy (non-hydrogen) atoms. The lowest BCUT2D eigenvalue weighted by Crippen LogP contribution is -2.37. The van der Waals surface area contributed by atoms with Crippen molar-refractivity contribution in [3.63, 3.8) is 0 Å². The normalized spacial score (nSPS) is 21.4. The minimum Gasteiger partial charge on any atom is -0.356 e. The molecule has 5 heteroatoms. The van der Waals surface area contributed by atoms with Crippen LogP contribution in [-0.4, -0.2) is 18.5 Å². The van der Waals surface area contributed by atoms with Gasteiger partial charge in [0.25, 0.3) is 0 Å². The molecule has 2 atom stereocenters. The first-order valence-electron chi connectivity index (χ1n) is 7.42. The van der Waals surface area contributed by atoms with Crippen LogP contribution < -0.4 is 11.1 Å². The molecule has 118 valence electrons. The molecule has 1 fully saturated rings. The lowest BCUT2D eigenvalue weighted by atomic mass is 9.83. The fourth-order valence-electron chi connectivity index (χ4n) is 2.80. The summed E-state index contributed by atoms with van der Waals surface area (Å²) in [6, 6.07) is 6.56. The van der Waals surface area contributed by atoms with E-state index >= 15 is 0 Å². The molecule has 1 saturated carbocycles. The molecule has 1 aliphatic rings. The Morgan fingerprint density at radius 2 is 1.90 bits per heavy atom. The van der Waals surface area contributed by atoms with E-state index < -0.39 is 0 Å². The zero-order chi connectivity index (χ0) is 14.4. The molecule has 0 bridgehead atoms. The molecule has 0 aliphatic heterocycles. The van der Waals surface area contributed by atoms with Gasteiger partial charge in [0.2, 0.25) is 5.91 Å².